The van der Waals surface area contributed by atoms with Crippen molar-refractivity contribution in [3.05, 3.63) is 23.2 Å². The Morgan fingerprint density at radius 2 is 1.67 bits per heavy atom. The summed E-state index contributed by atoms with van der Waals surface area (Å²) in [5.41, 5.74) is 0.210. The number of carbonyl (C=O) groups excluding carboxylic acids is 2. The molecule has 1 N–H and O–H groups in total. The predicted octanol–water partition coefficient (Wildman–Crippen LogP) is 1.33. The highest BCUT2D eigenvalue weighted by atomic mass is 35.5. The second kappa shape index (κ2) is 10.0. The van der Waals surface area contributed by atoms with Crippen molar-refractivity contribution in [3.63, 3.8) is 0 Å². The molecule has 1 aromatic rings. The number of halogens is 1. The smallest absolute Gasteiger partial charge is 0.243 e. The lowest BCUT2D eigenvalue weighted by Crippen LogP contribution is -2.38. The number of benzene rings is 1. The van der Waals surface area contributed by atoms with Crippen molar-refractivity contribution in [2.45, 2.75) is 18.7 Å². The zero-order valence-corrected chi connectivity index (χ0v) is 17.9. The zero-order valence-electron chi connectivity index (χ0n) is 16.3. The van der Waals surface area contributed by atoms with Gasteiger partial charge in [-0.05, 0) is 25.2 Å². The van der Waals surface area contributed by atoms with E-state index in [2.05, 4.69) is 5.32 Å². The van der Waals surface area contributed by atoms with E-state index < -0.39 is 15.9 Å². The van der Waals surface area contributed by atoms with E-state index >= 15 is 0 Å². The molecule has 2 amide bonds. The maximum absolute atomic E-state index is 12.6. The predicted molar refractivity (Wildman–Crippen MR) is 106 cm³/mol. The van der Waals surface area contributed by atoms with Crippen molar-refractivity contribution in [3.8, 4) is 0 Å². The van der Waals surface area contributed by atoms with Crippen molar-refractivity contribution in [1.82, 2.24) is 14.1 Å². The molecule has 1 aromatic carbocycles. The number of sulfonamides is 1. The highest BCUT2D eigenvalue weighted by Gasteiger charge is 2.23. The van der Waals surface area contributed by atoms with Gasteiger partial charge in [-0.15, -0.1) is 0 Å². The molecule has 0 radical (unpaired) electrons. The third-order valence-electron chi connectivity index (χ3n) is 3.87. The topological polar surface area (TPSA) is 90.0 Å². The molecule has 0 aromatic heterocycles. The largest absolute Gasteiger partial charge is 0.348 e. The minimum Gasteiger partial charge on any atom is -0.348 e. The molecule has 0 bridgehead atoms. The van der Waals surface area contributed by atoms with Crippen LogP contribution in [-0.4, -0.2) is 81.7 Å². The molecule has 0 fully saturated rings. The number of anilines is 1. The van der Waals surface area contributed by atoms with Gasteiger partial charge in [0.2, 0.25) is 21.8 Å². The number of hydrogen-bond acceptors (Lipinski definition) is 5. The fraction of sp³-hybridized carbons (Fsp3) is 0.529. The van der Waals surface area contributed by atoms with Crippen molar-refractivity contribution in [2.75, 3.05) is 52.6 Å². The summed E-state index contributed by atoms with van der Waals surface area (Å²) in [7, 11) is 1.25. The second-order valence-corrected chi connectivity index (χ2v) is 8.58. The zero-order chi connectivity index (χ0) is 20.8. The fourth-order valence-electron chi connectivity index (χ4n) is 2.34. The molecule has 0 saturated heterocycles. The van der Waals surface area contributed by atoms with E-state index in [9.17, 15) is 18.0 Å². The Kier molecular flexibility index (Phi) is 8.67. The summed E-state index contributed by atoms with van der Waals surface area (Å²) in [5, 5.41) is 2.84. The summed E-state index contributed by atoms with van der Waals surface area (Å²) < 4.78 is 26.6. The number of carbonyl (C=O) groups is 2. The fourth-order valence-corrected chi connectivity index (χ4v) is 3.99. The molecule has 0 spiro atoms. The van der Waals surface area contributed by atoms with Crippen molar-refractivity contribution in [2.24, 2.45) is 0 Å². The van der Waals surface area contributed by atoms with E-state index in [0.717, 1.165) is 0 Å². The van der Waals surface area contributed by atoms with Gasteiger partial charge in [-0.1, -0.05) is 25.4 Å². The first-order valence-electron chi connectivity index (χ1n) is 8.51. The molecule has 0 atom stereocenters. The molecule has 0 heterocycles. The van der Waals surface area contributed by atoms with Gasteiger partial charge in [0.1, 0.15) is 0 Å². The van der Waals surface area contributed by atoms with Crippen LogP contribution in [0.25, 0.3) is 0 Å². The van der Waals surface area contributed by atoms with Crippen LogP contribution in [0.5, 0.6) is 0 Å². The monoisotopic (exact) mass is 418 g/mol. The Morgan fingerprint density at radius 3 is 2.19 bits per heavy atom. The third-order valence-corrected chi connectivity index (χ3v) is 6.25. The van der Waals surface area contributed by atoms with Crippen LogP contribution in [0.15, 0.2) is 23.1 Å². The first-order valence-corrected chi connectivity index (χ1v) is 10.3. The molecule has 27 heavy (non-hydrogen) atoms. The summed E-state index contributed by atoms with van der Waals surface area (Å²) in [6.45, 7) is 4.24. The van der Waals surface area contributed by atoms with Gasteiger partial charge in [0, 0.05) is 27.2 Å². The molecule has 0 aliphatic rings. The number of nitrogens with one attached hydrogen (secondary N) is 1. The summed E-state index contributed by atoms with van der Waals surface area (Å²) in [6.07, 6.45) is 0. The summed E-state index contributed by atoms with van der Waals surface area (Å²) >= 11 is 6.10. The van der Waals surface area contributed by atoms with Crippen molar-refractivity contribution in [1.29, 1.82) is 0 Å². The third kappa shape index (κ3) is 6.46. The lowest BCUT2D eigenvalue weighted by molar-refractivity contribution is -0.130. The van der Waals surface area contributed by atoms with E-state index in [1.54, 1.807) is 39.9 Å². The molecule has 1 rings (SSSR count). The van der Waals surface area contributed by atoms with Crippen LogP contribution in [0.2, 0.25) is 5.02 Å². The highest BCUT2D eigenvalue weighted by molar-refractivity contribution is 7.89. The van der Waals surface area contributed by atoms with Gasteiger partial charge in [0.05, 0.1) is 28.7 Å². The average Bonchev–Trinajstić information content (AvgIpc) is 2.57. The molecule has 152 valence electrons. The van der Waals surface area contributed by atoms with Crippen LogP contribution >= 0.6 is 11.6 Å². The van der Waals surface area contributed by atoms with Crippen LogP contribution in [0.1, 0.15) is 13.8 Å². The van der Waals surface area contributed by atoms with E-state index in [1.807, 2.05) is 0 Å². The summed E-state index contributed by atoms with van der Waals surface area (Å²) in [5.74, 6) is -0.529. The minimum atomic E-state index is -3.66. The maximum atomic E-state index is 12.6. The number of nitrogens with zero attached hydrogens (tertiary/aromatic N) is 3. The Hall–Kier alpha value is -1.68. The van der Waals surface area contributed by atoms with Gasteiger partial charge in [0.15, 0.2) is 0 Å². The van der Waals surface area contributed by atoms with Gasteiger partial charge in [0.25, 0.3) is 0 Å². The standard InChI is InChI=1S/C17H27ClN4O4S/c1-6-22(7-2)27(25,26)13-8-9-14(18)15(10-13)19-16(23)11-21(5)12-17(24)20(3)4/h8-10H,6-7,11-12H2,1-5H3,(H,19,23). The first kappa shape index (κ1) is 23.4. The molecular formula is C17H27ClN4O4S. The molecule has 0 saturated carbocycles. The molecular weight excluding hydrogens is 392 g/mol. The van der Waals surface area contributed by atoms with Gasteiger partial charge in [-0.3, -0.25) is 14.5 Å². The van der Waals surface area contributed by atoms with Crippen LogP contribution in [0.3, 0.4) is 0 Å². The van der Waals surface area contributed by atoms with E-state index in [1.165, 1.54) is 27.4 Å². The summed E-state index contributed by atoms with van der Waals surface area (Å²) in [6, 6.07) is 4.19. The van der Waals surface area contributed by atoms with Crippen LogP contribution < -0.4 is 5.32 Å². The van der Waals surface area contributed by atoms with E-state index in [0.29, 0.717) is 13.1 Å². The van der Waals surface area contributed by atoms with Crippen LogP contribution in [-0.2, 0) is 19.6 Å². The van der Waals surface area contributed by atoms with E-state index in [4.69, 9.17) is 11.6 Å². The van der Waals surface area contributed by atoms with Gasteiger partial charge < -0.3 is 10.2 Å². The number of hydrogen-bond donors (Lipinski definition) is 1. The lowest BCUT2D eigenvalue weighted by atomic mass is 10.3. The quantitative estimate of drug-likeness (QED) is 0.653. The number of likely N-dealkylation sites (N-methyl/N-ethyl adjacent to an activating group) is 2. The van der Waals surface area contributed by atoms with Gasteiger partial charge >= 0.3 is 0 Å². The van der Waals surface area contributed by atoms with Crippen molar-refractivity contribution < 1.29 is 18.0 Å². The second-order valence-electron chi connectivity index (χ2n) is 6.24. The van der Waals surface area contributed by atoms with Crippen LogP contribution in [0.4, 0.5) is 5.69 Å². The molecule has 0 unspecified atom stereocenters. The maximum Gasteiger partial charge on any atom is 0.243 e. The summed E-state index contributed by atoms with van der Waals surface area (Å²) in [4.78, 5) is 27.0. The Bertz CT molecular complexity index is 779. The van der Waals surface area contributed by atoms with Gasteiger partial charge in [-0.2, -0.15) is 4.31 Å². The van der Waals surface area contributed by atoms with Crippen LogP contribution in [0, 0.1) is 0 Å². The molecule has 10 heteroatoms. The Balaban J connectivity index is 2.92. The molecule has 8 nitrogen and oxygen atoms in total. The normalized spacial score (nSPS) is 11.7. The molecule has 0 aliphatic carbocycles. The number of amides is 2. The first-order chi connectivity index (χ1) is 12.5. The molecule has 0 aliphatic heterocycles. The van der Waals surface area contributed by atoms with Crippen molar-refractivity contribution >= 4 is 39.1 Å². The number of rotatable bonds is 9. The Labute approximate surface area is 166 Å². The Morgan fingerprint density at radius 1 is 1.07 bits per heavy atom. The van der Waals surface area contributed by atoms with E-state index in [-0.39, 0.29) is 34.6 Å². The van der Waals surface area contributed by atoms with Gasteiger partial charge in [-0.25, -0.2) is 8.42 Å². The minimum absolute atomic E-state index is 0.0388. The lowest BCUT2D eigenvalue weighted by Gasteiger charge is -2.20. The highest BCUT2D eigenvalue weighted by Crippen LogP contribution is 2.27. The average molecular weight is 419 g/mol. The SMILES string of the molecule is CCN(CC)S(=O)(=O)c1ccc(Cl)c(NC(=O)CN(C)CC(=O)N(C)C)c1.